The number of benzene rings is 3. The summed E-state index contributed by atoms with van der Waals surface area (Å²) in [4.78, 5) is 28.7. The van der Waals surface area contributed by atoms with Crippen LogP contribution in [0, 0.1) is 5.82 Å². The molecule has 1 atom stereocenters. The van der Waals surface area contributed by atoms with Crippen molar-refractivity contribution in [1.29, 1.82) is 0 Å². The SMILES string of the molecule is CC(OC(=O)CCc1nc(-c2ccc(F)cc2)no1)C(=O)Nc1ccc2ccccc2c1. The summed E-state index contributed by atoms with van der Waals surface area (Å²) in [6.45, 7) is 1.51. The first-order valence-electron chi connectivity index (χ1n) is 10.1. The van der Waals surface area contributed by atoms with Crippen LogP contribution in [0.25, 0.3) is 22.2 Å². The molecule has 1 amide bonds. The molecular weight excluding hydrogens is 413 g/mol. The zero-order valence-electron chi connectivity index (χ0n) is 17.2. The lowest BCUT2D eigenvalue weighted by atomic mass is 10.1. The molecule has 0 spiro atoms. The zero-order valence-corrected chi connectivity index (χ0v) is 17.2. The van der Waals surface area contributed by atoms with Crippen LogP contribution in [0.1, 0.15) is 19.2 Å². The Kier molecular flexibility index (Phi) is 6.21. The molecule has 1 unspecified atom stereocenters. The number of fused-ring (bicyclic) bond motifs is 1. The topological polar surface area (TPSA) is 94.3 Å². The molecule has 0 aliphatic rings. The predicted octanol–water partition coefficient (Wildman–Crippen LogP) is 4.53. The third-order valence-electron chi connectivity index (χ3n) is 4.81. The summed E-state index contributed by atoms with van der Waals surface area (Å²) >= 11 is 0. The van der Waals surface area contributed by atoms with E-state index in [9.17, 15) is 14.0 Å². The summed E-state index contributed by atoms with van der Waals surface area (Å²) in [5, 5.41) is 8.64. The molecule has 0 aliphatic carbocycles. The van der Waals surface area contributed by atoms with Crippen molar-refractivity contribution >= 4 is 28.3 Å². The first-order valence-corrected chi connectivity index (χ1v) is 10.1. The normalized spacial score (nSPS) is 11.8. The second-order valence-electron chi connectivity index (χ2n) is 7.20. The molecule has 8 heteroatoms. The fourth-order valence-corrected chi connectivity index (χ4v) is 3.10. The van der Waals surface area contributed by atoms with E-state index >= 15 is 0 Å². The molecule has 1 heterocycles. The highest BCUT2D eigenvalue weighted by molar-refractivity contribution is 5.97. The van der Waals surface area contributed by atoms with Gasteiger partial charge >= 0.3 is 5.97 Å². The van der Waals surface area contributed by atoms with E-state index in [2.05, 4.69) is 15.5 Å². The van der Waals surface area contributed by atoms with Gasteiger partial charge in [0.1, 0.15) is 5.82 Å². The Bertz CT molecular complexity index is 1250. The van der Waals surface area contributed by atoms with Gasteiger partial charge < -0.3 is 14.6 Å². The van der Waals surface area contributed by atoms with Crippen LogP contribution in [0.4, 0.5) is 10.1 Å². The van der Waals surface area contributed by atoms with Gasteiger partial charge in [0.05, 0.1) is 6.42 Å². The molecule has 0 aliphatic heterocycles. The highest BCUT2D eigenvalue weighted by atomic mass is 19.1. The number of esters is 1. The number of nitrogens with zero attached hydrogens (tertiary/aromatic N) is 2. The number of nitrogens with one attached hydrogen (secondary N) is 1. The Balaban J connectivity index is 1.27. The molecule has 1 aromatic heterocycles. The number of aromatic nitrogens is 2. The summed E-state index contributed by atoms with van der Waals surface area (Å²) in [6.07, 6.45) is -0.837. The largest absolute Gasteiger partial charge is 0.453 e. The number of ether oxygens (including phenoxy) is 1. The van der Waals surface area contributed by atoms with Gasteiger partial charge in [0.2, 0.25) is 11.7 Å². The fraction of sp³-hybridized carbons (Fsp3) is 0.167. The average Bonchev–Trinajstić information content (AvgIpc) is 3.27. The minimum atomic E-state index is -0.966. The van der Waals surface area contributed by atoms with Crippen molar-refractivity contribution < 1.29 is 23.2 Å². The molecule has 1 N–H and O–H groups in total. The van der Waals surface area contributed by atoms with E-state index in [4.69, 9.17) is 9.26 Å². The van der Waals surface area contributed by atoms with Crippen molar-refractivity contribution in [2.24, 2.45) is 0 Å². The Morgan fingerprint density at radius 2 is 1.81 bits per heavy atom. The third-order valence-corrected chi connectivity index (χ3v) is 4.81. The van der Waals surface area contributed by atoms with E-state index < -0.39 is 18.0 Å². The summed E-state index contributed by atoms with van der Waals surface area (Å²) in [5.74, 6) is -0.803. The zero-order chi connectivity index (χ0) is 22.5. The van der Waals surface area contributed by atoms with Crippen LogP contribution in [0.15, 0.2) is 71.3 Å². The van der Waals surface area contributed by atoms with Crippen molar-refractivity contribution in [1.82, 2.24) is 10.1 Å². The molecule has 4 aromatic rings. The lowest BCUT2D eigenvalue weighted by Gasteiger charge is -2.13. The van der Waals surface area contributed by atoms with E-state index in [1.807, 2.05) is 36.4 Å². The Morgan fingerprint density at radius 3 is 2.59 bits per heavy atom. The first kappa shape index (κ1) is 21.2. The third kappa shape index (κ3) is 5.15. The van der Waals surface area contributed by atoms with E-state index in [0.29, 0.717) is 17.1 Å². The molecule has 7 nitrogen and oxygen atoms in total. The lowest BCUT2D eigenvalue weighted by Crippen LogP contribution is -2.30. The van der Waals surface area contributed by atoms with Gasteiger partial charge in [-0.15, -0.1) is 0 Å². The minimum Gasteiger partial charge on any atom is -0.453 e. The van der Waals surface area contributed by atoms with Crippen molar-refractivity contribution in [3.8, 4) is 11.4 Å². The highest BCUT2D eigenvalue weighted by Gasteiger charge is 2.19. The Labute approximate surface area is 183 Å². The average molecular weight is 433 g/mol. The molecule has 162 valence electrons. The number of anilines is 1. The molecule has 0 saturated carbocycles. The van der Waals surface area contributed by atoms with Crippen LogP contribution >= 0.6 is 0 Å². The monoisotopic (exact) mass is 433 g/mol. The molecular formula is C24H20FN3O4. The van der Waals surface area contributed by atoms with Gasteiger partial charge in [-0.05, 0) is 54.1 Å². The molecule has 0 saturated heterocycles. The molecule has 0 fully saturated rings. The maximum Gasteiger partial charge on any atom is 0.307 e. The molecule has 0 bridgehead atoms. The number of carbonyl (C=O) groups excluding carboxylic acids is 2. The summed E-state index contributed by atoms with van der Waals surface area (Å²) in [5.41, 5.74) is 1.22. The number of aryl methyl sites for hydroxylation is 1. The van der Waals surface area contributed by atoms with Crippen LogP contribution in [0.3, 0.4) is 0 Å². The van der Waals surface area contributed by atoms with Gasteiger partial charge in [0.15, 0.2) is 6.10 Å². The van der Waals surface area contributed by atoms with Gasteiger partial charge in [-0.1, -0.05) is 35.5 Å². The fourth-order valence-electron chi connectivity index (χ4n) is 3.10. The van der Waals surface area contributed by atoms with E-state index in [0.717, 1.165) is 10.8 Å². The van der Waals surface area contributed by atoms with Gasteiger partial charge in [-0.2, -0.15) is 4.98 Å². The number of carbonyl (C=O) groups is 2. The number of hydrogen-bond donors (Lipinski definition) is 1. The highest BCUT2D eigenvalue weighted by Crippen LogP contribution is 2.19. The van der Waals surface area contributed by atoms with Crippen molar-refractivity contribution in [2.75, 3.05) is 5.32 Å². The Hall–Kier alpha value is -4.07. The van der Waals surface area contributed by atoms with Crippen LogP contribution in [0.2, 0.25) is 0 Å². The van der Waals surface area contributed by atoms with Gasteiger partial charge in [-0.3, -0.25) is 9.59 Å². The van der Waals surface area contributed by atoms with Crippen LogP contribution in [-0.4, -0.2) is 28.1 Å². The minimum absolute atomic E-state index is 0.0291. The van der Waals surface area contributed by atoms with Crippen molar-refractivity contribution in [3.63, 3.8) is 0 Å². The second-order valence-corrected chi connectivity index (χ2v) is 7.20. The quantitative estimate of drug-likeness (QED) is 0.430. The van der Waals surface area contributed by atoms with Crippen molar-refractivity contribution in [2.45, 2.75) is 25.9 Å². The number of hydrogen-bond acceptors (Lipinski definition) is 6. The standard InChI is InChI=1S/C24H20FN3O4/c1-15(24(30)26-20-11-8-16-4-2-3-5-18(16)14-20)31-22(29)13-12-21-27-23(28-32-21)17-6-9-19(25)10-7-17/h2-11,14-15H,12-13H2,1H3,(H,26,30). The number of halogens is 1. The molecule has 0 radical (unpaired) electrons. The lowest BCUT2D eigenvalue weighted by molar-refractivity contribution is -0.153. The number of rotatable bonds is 7. The van der Waals surface area contributed by atoms with Crippen molar-refractivity contribution in [3.05, 3.63) is 78.4 Å². The van der Waals surface area contributed by atoms with Gasteiger partial charge in [0.25, 0.3) is 5.91 Å². The predicted molar refractivity (Wildman–Crippen MR) is 116 cm³/mol. The smallest absolute Gasteiger partial charge is 0.307 e. The maximum absolute atomic E-state index is 13.0. The van der Waals surface area contributed by atoms with Crippen LogP contribution in [-0.2, 0) is 20.7 Å². The van der Waals surface area contributed by atoms with E-state index in [-0.39, 0.29) is 24.5 Å². The summed E-state index contributed by atoms with van der Waals surface area (Å²) in [7, 11) is 0. The summed E-state index contributed by atoms with van der Waals surface area (Å²) < 4.78 is 23.4. The molecule has 3 aromatic carbocycles. The first-order chi connectivity index (χ1) is 15.5. The Morgan fingerprint density at radius 1 is 1.06 bits per heavy atom. The maximum atomic E-state index is 13.0. The molecule has 32 heavy (non-hydrogen) atoms. The number of amides is 1. The van der Waals surface area contributed by atoms with E-state index in [1.165, 1.54) is 31.2 Å². The molecule has 4 rings (SSSR count). The van der Waals surface area contributed by atoms with E-state index in [1.54, 1.807) is 6.07 Å². The second kappa shape index (κ2) is 9.38. The summed E-state index contributed by atoms with van der Waals surface area (Å²) in [6, 6.07) is 19.0. The van der Waals surface area contributed by atoms with Gasteiger partial charge in [-0.25, -0.2) is 4.39 Å². The van der Waals surface area contributed by atoms with Crippen LogP contribution in [0.5, 0.6) is 0 Å². The van der Waals surface area contributed by atoms with Crippen LogP contribution < -0.4 is 5.32 Å². The van der Waals surface area contributed by atoms with Gasteiger partial charge in [0, 0.05) is 17.7 Å².